The van der Waals surface area contributed by atoms with Crippen molar-refractivity contribution in [2.45, 2.75) is 18.9 Å². The highest BCUT2D eigenvalue weighted by Gasteiger charge is 2.40. The van der Waals surface area contributed by atoms with Crippen molar-refractivity contribution >= 4 is 11.6 Å². The Bertz CT molecular complexity index is 421. The summed E-state index contributed by atoms with van der Waals surface area (Å²) in [7, 11) is 0. The first-order valence-corrected chi connectivity index (χ1v) is 6.38. The maximum Gasteiger partial charge on any atom is 0.147 e. The van der Waals surface area contributed by atoms with E-state index in [-0.39, 0.29) is 10.6 Å². The normalized spacial score (nSPS) is 20.7. The minimum absolute atomic E-state index is 0.0192. The highest BCUT2D eigenvalue weighted by Crippen LogP contribution is 2.43. The predicted molar refractivity (Wildman–Crippen MR) is 67.9 cm³/mol. The van der Waals surface area contributed by atoms with Crippen molar-refractivity contribution in [3.05, 3.63) is 34.6 Å². The van der Waals surface area contributed by atoms with Crippen LogP contribution in [0.4, 0.5) is 4.39 Å². The molecule has 0 spiro atoms. The summed E-state index contributed by atoms with van der Waals surface area (Å²) in [5, 5.41) is 10.5. The second-order valence-corrected chi connectivity index (χ2v) is 5.13. The number of hydrogen-bond acceptors (Lipinski definition) is 3. The van der Waals surface area contributed by atoms with E-state index < -0.39 is 17.3 Å². The van der Waals surface area contributed by atoms with Gasteiger partial charge < -0.3 is 15.6 Å². The first-order chi connectivity index (χ1) is 8.60. The highest BCUT2D eigenvalue weighted by molar-refractivity contribution is 6.30. The molecule has 2 rings (SSSR count). The molecule has 0 amide bonds. The standard InChI is InChI=1S/C13H17ClFNO2/c14-10-3-1-2-9(11(10)15)12(17)13(8-16)4-6-18-7-5-13/h1-3,12,17H,4-8,16H2. The molecular weight excluding hydrogens is 257 g/mol. The fourth-order valence-electron chi connectivity index (χ4n) is 2.43. The van der Waals surface area contributed by atoms with Crippen LogP contribution in [-0.4, -0.2) is 24.9 Å². The molecule has 0 aromatic heterocycles. The van der Waals surface area contributed by atoms with Gasteiger partial charge in [-0.2, -0.15) is 0 Å². The van der Waals surface area contributed by atoms with Crippen LogP contribution in [0.5, 0.6) is 0 Å². The molecule has 0 bridgehead atoms. The maximum absolute atomic E-state index is 13.9. The molecule has 1 aromatic carbocycles. The van der Waals surface area contributed by atoms with Gasteiger partial charge in [-0.3, -0.25) is 0 Å². The smallest absolute Gasteiger partial charge is 0.147 e. The number of hydrogen-bond donors (Lipinski definition) is 2. The van der Waals surface area contributed by atoms with Crippen molar-refractivity contribution in [2.75, 3.05) is 19.8 Å². The fraction of sp³-hybridized carbons (Fsp3) is 0.538. The number of ether oxygens (including phenoxy) is 1. The molecule has 1 heterocycles. The Hall–Kier alpha value is -0.680. The van der Waals surface area contributed by atoms with E-state index in [2.05, 4.69) is 0 Å². The van der Waals surface area contributed by atoms with Gasteiger partial charge in [-0.15, -0.1) is 0 Å². The van der Waals surface area contributed by atoms with Gasteiger partial charge in [0.15, 0.2) is 0 Å². The SMILES string of the molecule is NCC1(C(O)c2cccc(Cl)c2F)CCOCC1. The molecule has 100 valence electrons. The molecule has 18 heavy (non-hydrogen) atoms. The number of benzene rings is 1. The van der Waals surface area contributed by atoms with Gasteiger partial charge in [0.1, 0.15) is 5.82 Å². The van der Waals surface area contributed by atoms with Gasteiger partial charge in [-0.05, 0) is 18.9 Å². The quantitative estimate of drug-likeness (QED) is 0.888. The summed E-state index contributed by atoms with van der Waals surface area (Å²) in [5.41, 5.74) is 5.49. The average molecular weight is 274 g/mol. The lowest BCUT2D eigenvalue weighted by molar-refractivity contribution is -0.0593. The molecular formula is C13H17ClFNO2. The second-order valence-electron chi connectivity index (χ2n) is 4.72. The first kappa shape index (κ1) is 13.7. The van der Waals surface area contributed by atoms with Crippen LogP contribution >= 0.6 is 11.6 Å². The number of halogens is 2. The predicted octanol–water partition coefficient (Wildman–Crippen LogP) is 2.27. The maximum atomic E-state index is 13.9. The van der Waals surface area contributed by atoms with Crippen molar-refractivity contribution in [1.82, 2.24) is 0 Å². The Kier molecular flexibility index (Phi) is 4.22. The van der Waals surface area contributed by atoms with Crippen LogP contribution in [0.2, 0.25) is 5.02 Å². The zero-order chi connectivity index (χ0) is 13.2. The van der Waals surface area contributed by atoms with E-state index in [1.54, 1.807) is 12.1 Å². The summed E-state index contributed by atoms with van der Waals surface area (Å²) in [5.74, 6) is -0.564. The Morgan fingerprint density at radius 2 is 2.11 bits per heavy atom. The van der Waals surface area contributed by atoms with E-state index in [0.29, 0.717) is 32.6 Å². The molecule has 3 N–H and O–H groups in total. The van der Waals surface area contributed by atoms with Crippen molar-refractivity contribution in [2.24, 2.45) is 11.1 Å². The molecule has 3 nitrogen and oxygen atoms in total. The van der Waals surface area contributed by atoms with Crippen molar-refractivity contribution < 1.29 is 14.2 Å². The minimum atomic E-state index is -0.954. The minimum Gasteiger partial charge on any atom is -0.388 e. The summed E-state index contributed by atoms with van der Waals surface area (Å²) in [6.45, 7) is 1.37. The summed E-state index contributed by atoms with van der Waals surface area (Å²) in [4.78, 5) is 0. The van der Waals surface area contributed by atoms with E-state index in [1.807, 2.05) is 0 Å². The lowest BCUT2D eigenvalue weighted by atomic mass is 9.73. The van der Waals surface area contributed by atoms with E-state index in [1.165, 1.54) is 6.07 Å². The summed E-state index contributed by atoms with van der Waals surface area (Å²) in [6, 6.07) is 4.65. The van der Waals surface area contributed by atoms with Gasteiger partial charge in [0.2, 0.25) is 0 Å². The first-order valence-electron chi connectivity index (χ1n) is 6.00. The van der Waals surface area contributed by atoms with Crippen LogP contribution in [0.1, 0.15) is 24.5 Å². The van der Waals surface area contributed by atoms with Crippen LogP contribution < -0.4 is 5.73 Å². The van der Waals surface area contributed by atoms with Gasteiger partial charge in [-0.25, -0.2) is 4.39 Å². The lowest BCUT2D eigenvalue weighted by Gasteiger charge is -2.40. The highest BCUT2D eigenvalue weighted by atomic mass is 35.5. The Balaban J connectivity index is 2.33. The third-order valence-corrected chi connectivity index (χ3v) is 4.04. The molecule has 1 saturated heterocycles. The molecule has 1 unspecified atom stereocenters. The van der Waals surface area contributed by atoms with E-state index >= 15 is 0 Å². The third-order valence-electron chi connectivity index (χ3n) is 3.75. The molecule has 0 saturated carbocycles. The van der Waals surface area contributed by atoms with Gasteiger partial charge >= 0.3 is 0 Å². The van der Waals surface area contributed by atoms with E-state index in [4.69, 9.17) is 22.1 Å². The third kappa shape index (κ3) is 2.38. The van der Waals surface area contributed by atoms with Crippen LogP contribution in [0.3, 0.4) is 0 Å². The van der Waals surface area contributed by atoms with Gasteiger partial charge in [0.25, 0.3) is 0 Å². The monoisotopic (exact) mass is 273 g/mol. The second kappa shape index (κ2) is 5.53. The molecule has 1 aromatic rings. The molecule has 1 fully saturated rings. The topological polar surface area (TPSA) is 55.5 Å². The number of nitrogens with two attached hydrogens (primary N) is 1. The average Bonchev–Trinajstić information content (AvgIpc) is 2.42. The summed E-state index contributed by atoms with van der Waals surface area (Å²) < 4.78 is 19.2. The Labute approximate surface area is 111 Å². The van der Waals surface area contributed by atoms with Crippen molar-refractivity contribution in [3.63, 3.8) is 0 Å². The molecule has 5 heteroatoms. The molecule has 0 radical (unpaired) electrons. The fourth-order valence-corrected chi connectivity index (χ4v) is 2.61. The molecule has 0 aliphatic carbocycles. The van der Waals surface area contributed by atoms with Crippen LogP contribution in [-0.2, 0) is 4.74 Å². The van der Waals surface area contributed by atoms with Gasteiger partial charge in [-0.1, -0.05) is 23.7 Å². The number of aliphatic hydroxyl groups is 1. The number of aliphatic hydroxyl groups excluding tert-OH is 1. The Morgan fingerprint density at radius 3 is 2.72 bits per heavy atom. The summed E-state index contributed by atoms with van der Waals surface area (Å²) in [6.07, 6.45) is 0.290. The lowest BCUT2D eigenvalue weighted by Crippen LogP contribution is -2.42. The van der Waals surface area contributed by atoms with Gasteiger partial charge in [0, 0.05) is 30.7 Å². The molecule has 1 aliphatic heterocycles. The largest absolute Gasteiger partial charge is 0.388 e. The zero-order valence-electron chi connectivity index (χ0n) is 10.0. The Morgan fingerprint density at radius 1 is 1.44 bits per heavy atom. The van der Waals surface area contributed by atoms with Gasteiger partial charge in [0.05, 0.1) is 11.1 Å². The summed E-state index contributed by atoms with van der Waals surface area (Å²) >= 11 is 5.74. The van der Waals surface area contributed by atoms with Crippen LogP contribution in [0.15, 0.2) is 18.2 Å². The van der Waals surface area contributed by atoms with Crippen LogP contribution in [0, 0.1) is 11.2 Å². The van der Waals surface area contributed by atoms with Crippen molar-refractivity contribution in [3.8, 4) is 0 Å². The molecule has 1 aliphatic rings. The van der Waals surface area contributed by atoms with Crippen LogP contribution in [0.25, 0.3) is 0 Å². The number of rotatable bonds is 3. The van der Waals surface area contributed by atoms with Crippen molar-refractivity contribution in [1.29, 1.82) is 0 Å². The van der Waals surface area contributed by atoms with E-state index in [0.717, 1.165) is 0 Å². The molecule has 1 atom stereocenters. The zero-order valence-corrected chi connectivity index (χ0v) is 10.8. The van der Waals surface area contributed by atoms with E-state index in [9.17, 15) is 9.50 Å².